The molecule has 0 saturated heterocycles. The summed E-state index contributed by atoms with van der Waals surface area (Å²) in [7, 11) is -4.33. The zero-order valence-electron chi connectivity index (χ0n) is 18.8. The summed E-state index contributed by atoms with van der Waals surface area (Å²) in [5.74, 6) is -0.970. The fourth-order valence-electron chi connectivity index (χ4n) is 3.47. The van der Waals surface area contributed by atoms with Crippen LogP contribution in [0.1, 0.15) is 53.6 Å². The van der Waals surface area contributed by atoms with Crippen LogP contribution >= 0.6 is 0 Å². The summed E-state index contributed by atoms with van der Waals surface area (Å²) in [6, 6.07) is 7.38. The Balaban J connectivity index is 1.62. The lowest BCUT2D eigenvalue weighted by Crippen LogP contribution is -2.22. The zero-order chi connectivity index (χ0) is 25.6. The first kappa shape index (κ1) is 26.3. The fraction of sp³-hybridized carbons (Fsp3) is 0.391. The summed E-state index contributed by atoms with van der Waals surface area (Å²) in [4.78, 5) is 23.6. The van der Waals surface area contributed by atoms with Crippen molar-refractivity contribution in [3.05, 3.63) is 59.2 Å². The second-order valence-electron chi connectivity index (χ2n) is 7.98. The van der Waals surface area contributed by atoms with Gasteiger partial charge in [0.05, 0.1) is 21.7 Å². The Morgan fingerprint density at radius 3 is 2.43 bits per heavy atom. The van der Waals surface area contributed by atoms with Gasteiger partial charge in [0.1, 0.15) is 6.10 Å². The van der Waals surface area contributed by atoms with Gasteiger partial charge < -0.3 is 14.2 Å². The van der Waals surface area contributed by atoms with Gasteiger partial charge in [-0.25, -0.2) is 18.0 Å². The summed E-state index contributed by atoms with van der Waals surface area (Å²) < 4.78 is 81.3. The molecule has 2 aromatic rings. The first-order valence-electron chi connectivity index (χ1n) is 10.8. The van der Waals surface area contributed by atoms with Gasteiger partial charge in [0, 0.05) is 0 Å². The van der Waals surface area contributed by atoms with Crippen LogP contribution in [0.2, 0.25) is 0 Å². The summed E-state index contributed by atoms with van der Waals surface area (Å²) in [6.45, 7) is 0.716. The molecule has 1 N–H and O–H groups in total. The maximum absolute atomic E-state index is 13.0. The van der Waals surface area contributed by atoms with Crippen LogP contribution in [0, 0.1) is 6.92 Å². The Hall–Kier alpha value is -3.28. The summed E-state index contributed by atoms with van der Waals surface area (Å²) in [5, 5.41) is 0. The molecule has 1 aliphatic carbocycles. The lowest BCUT2D eigenvalue weighted by Gasteiger charge is -2.21. The van der Waals surface area contributed by atoms with E-state index in [4.69, 9.17) is 14.2 Å². The molecule has 0 bridgehead atoms. The Bertz CT molecular complexity index is 1180. The van der Waals surface area contributed by atoms with E-state index >= 15 is 0 Å². The molecule has 190 valence electrons. The first-order valence-corrected chi connectivity index (χ1v) is 12.3. The monoisotopic (exact) mass is 515 g/mol. The molecule has 0 atom stereocenters. The van der Waals surface area contributed by atoms with Gasteiger partial charge in [-0.05, 0) is 68.5 Å². The van der Waals surface area contributed by atoms with Crippen molar-refractivity contribution in [1.82, 2.24) is 0 Å². The van der Waals surface area contributed by atoms with E-state index in [1.165, 1.54) is 25.1 Å². The number of sulfonamides is 1. The Morgan fingerprint density at radius 1 is 1.03 bits per heavy atom. The second kappa shape index (κ2) is 11.0. The van der Waals surface area contributed by atoms with Gasteiger partial charge in [0.25, 0.3) is 10.0 Å². The quantitative estimate of drug-likeness (QED) is 0.388. The average molecular weight is 516 g/mol. The predicted molar refractivity (Wildman–Crippen MR) is 118 cm³/mol. The summed E-state index contributed by atoms with van der Waals surface area (Å²) >= 11 is 0. The third-order valence-corrected chi connectivity index (χ3v) is 6.73. The van der Waals surface area contributed by atoms with Crippen molar-refractivity contribution in [3.8, 4) is 0 Å². The molecule has 0 unspecified atom stereocenters. The molecule has 1 fully saturated rings. The van der Waals surface area contributed by atoms with Crippen molar-refractivity contribution >= 4 is 27.8 Å². The minimum Gasteiger partial charge on any atom is -0.431 e. The lowest BCUT2D eigenvalue weighted by atomic mass is 9.98. The third-order valence-electron chi connectivity index (χ3n) is 5.37. The largest absolute Gasteiger partial charge is 0.511 e. The van der Waals surface area contributed by atoms with E-state index in [1.807, 2.05) is 0 Å². The molecular weight excluding hydrogens is 491 g/mol. The average Bonchev–Trinajstić information content (AvgIpc) is 2.80. The number of benzene rings is 2. The van der Waals surface area contributed by atoms with Crippen LogP contribution in [0.4, 0.5) is 23.7 Å². The Morgan fingerprint density at radius 2 is 1.74 bits per heavy atom. The number of nitrogens with one attached hydrogen (secondary N) is 1. The molecule has 2 aromatic carbocycles. The normalized spacial score (nSPS) is 14.7. The van der Waals surface area contributed by atoms with E-state index < -0.39 is 40.7 Å². The molecule has 8 nitrogen and oxygen atoms in total. The molecule has 3 rings (SSSR count). The molecule has 1 saturated carbocycles. The molecule has 0 aromatic heterocycles. The zero-order valence-corrected chi connectivity index (χ0v) is 19.6. The molecule has 0 heterocycles. The number of hydrogen-bond donors (Lipinski definition) is 1. The SMILES string of the molecule is Cc1ccc(C(F)(F)F)cc1NS(=O)(=O)c1cccc(C(=O)OCOC(=O)OC2CCCCC2)c1. The molecular formula is C23H24F3NO7S. The standard InChI is InChI=1S/C23H24F3NO7S/c1-15-10-11-17(23(24,25)26)13-20(15)27-35(30,31)19-9-5-6-16(12-19)21(28)32-14-33-22(29)34-18-7-3-2-4-8-18/h5-6,9-13,18,27H,2-4,7-8,14H2,1H3. The van der Waals surface area contributed by atoms with Crippen molar-refractivity contribution in [1.29, 1.82) is 0 Å². The van der Waals surface area contributed by atoms with Gasteiger partial charge in [0.15, 0.2) is 0 Å². The van der Waals surface area contributed by atoms with Crippen LogP contribution in [0.15, 0.2) is 47.4 Å². The van der Waals surface area contributed by atoms with E-state index in [-0.39, 0.29) is 27.8 Å². The molecule has 0 spiro atoms. The number of ether oxygens (including phenoxy) is 3. The highest BCUT2D eigenvalue weighted by molar-refractivity contribution is 7.92. The van der Waals surface area contributed by atoms with Gasteiger partial charge in [-0.3, -0.25) is 4.72 Å². The minimum absolute atomic E-state index is 0.169. The van der Waals surface area contributed by atoms with E-state index in [2.05, 4.69) is 4.72 Å². The Labute approximate surface area is 200 Å². The number of alkyl halides is 3. The van der Waals surface area contributed by atoms with Gasteiger partial charge in [-0.1, -0.05) is 18.6 Å². The van der Waals surface area contributed by atoms with Crippen molar-refractivity contribution in [2.75, 3.05) is 11.5 Å². The minimum atomic E-state index is -4.65. The van der Waals surface area contributed by atoms with Crippen LogP contribution < -0.4 is 4.72 Å². The Kier molecular flexibility index (Phi) is 8.26. The van der Waals surface area contributed by atoms with Gasteiger partial charge >= 0.3 is 18.3 Å². The number of carbonyl (C=O) groups is 2. The molecule has 12 heteroatoms. The number of halogens is 3. The van der Waals surface area contributed by atoms with Crippen LogP contribution in [-0.2, 0) is 30.4 Å². The number of aryl methyl sites for hydroxylation is 1. The molecule has 0 radical (unpaired) electrons. The van der Waals surface area contributed by atoms with Gasteiger partial charge in [-0.15, -0.1) is 0 Å². The smallest absolute Gasteiger partial charge is 0.431 e. The topological polar surface area (TPSA) is 108 Å². The van der Waals surface area contributed by atoms with Crippen LogP contribution in [0.5, 0.6) is 0 Å². The molecule has 0 amide bonds. The molecule has 1 aliphatic rings. The van der Waals surface area contributed by atoms with Crippen LogP contribution in [0.3, 0.4) is 0 Å². The number of carbonyl (C=O) groups excluding carboxylic acids is 2. The maximum Gasteiger partial charge on any atom is 0.511 e. The van der Waals surface area contributed by atoms with E-state index in [0.29, 0.717) is 6.07 Å². The summed E-state index contributed by atoms with van der Waals surface area (Å²) in [6.07, 6.45) is -1.39. The number of hydrogen-bond acceptors (Lipinski definition) is 7. The van der Waals surface area contributed by atoms with Gasteiger partial charge in [-0.2, -0.15) is 13.2 Å². The van der Waals surface area contributed by atoms with Crippen molar-refractivity contribution in [3.63, 3.8) is 0 Å². The number of rotatable bonds is 7. The number of esters is 1. The van der Waals surface area contributed by atoms with Crippen LogP contribution in [0.25, 0.3) is 0 Å². The highest BCUT2D eigenvalue weighted by Gasteiger charge is 2.31. The lowest BCUT2D eigenvalue weighted by molar-refractivity contribution is -0.137. The highest BCUT2D eigenvalue weighted by Crippen LogP contribution is 2.32. The van der Waals surface area contributed by atoms with Gasteiger partial charge in [0.2, 0.25) is 6.79 Å². The predicted octanol–water partition coefficient (Wildman–Crippen LogP) is 5.41. The fourth-order valence-corrected chi connectivity index (χ4v) is 4.64. The second-order valence-corrected chi connectivity index (χ2v) is 9.67. The summed E-state index contributed by atoms with van der Waals surface area (Å²) in [5.41, 5.74) is -1.16. The van der Waals surface area contributed by atoms with Crippen LogP contribution in [-0.4, -0.2) is 33.4 Å². The van der Waals surface area contributed by atoms with Crippen molar-refractivity contribution < 1.29 is 45.4 Å². The molecule has 35 heavy (non-hydrogen) atoms. The van der Waals surface area contributed by atoms with E-state index in [9.17, 15) is 31.2 Å². The number of anilines is 1. The maximum atomic E-state index is 13.0. The first-order chi connectivity index (χ1) is 16.5. The highest BCUT2D eigenvalue weighted by atomic mass is 32.2. The van der Waals surface area contributed by atoms with E-state index in [0.717, 1.165) is 50.3 Å². The van der Waals surface area contributed by atoms with E-state index in [1.54, 1.807) is 0 Å². The van der Waals surface area contributed by atoms with Crippen molar-refractivity contribution in [2.45, 2.75) is 56.2 Å². The molecule has 0 aliphatic heterocycles. The van der Waals surface area contributed by atoms with Crippen molar-refractivity contribution in [2.24, 2.45) is 0 Å². The third kappa shape index (κ3) is 7.35.